The van der Waals surface area contributed by atoms with Crippen LogP contribution in [-0.2, 0) is 9.59 Å². The summed E-state index contributed by atoms with van der Waals surface area (Å²) in [6, 6.07) is 0.322. The van der Waals surface area contributed by atoms with E-state index in [0.717, 1.165) is 19.4 Å². The maximum atomic E-state index is 11.8. The van der Waals surface area contributed by atoms with E-state index in [1.54, 1.807) is 0 Å². The molecule has 0 radical (unpaired) electrons. The summed E-state index contributed by atoms with van der Waals surface area (Å²) >= 11 is 0. The highest BCUT2D eigenvalue weighted by molar-refractivity contribution is 5.98. The summed E-state index contributed by atoms with van der Waals surface area (Å²) in [5.41, 5.74) is 0. The van der Waals surface area contributed by atoms with Gasteiger partial charge in [0.1, 0.15) is 0 Å². The largest absolute Gasteiger partial charge is 0.312 e. The molecule has 0 saturated carbocycles. The van der Waals surface area contributed by atoms with Gasteiger partial charge in [0.05, 0.1) is 0 Å². The summed E-state index contributed by atoms with van der Waals surface area (Å²) in [6.07, 6.45) is 3.47. The highest BCUT2D eigenvalue weighted by Crippen LogP contribution is 2.19. The minimum Gasteiger partial charge on any atom is -0.312 e. The first-order chi connectivity index (χ1) is 7.18. The first-order valence-corrected chi connectivity index (χ1v) is 5.76. The van der Waals surface area contributed by atoms with E-state index in [-0.39, 0.29) is 17.7 Å². The van der Waals surface area contributed by atoms with Crippen LogP contribution >= 0.6 is 0 Å². The zero-order valence-electron chi connectivity index (χ0n) is 9.16. The lowest BCUT2D eigenvalue weighted by atomic mass is 9.98. The summed E-state index contributed by atoms with van der Waals surface area (Å²) in [5.74, 6) is 0.0378. The molecule has 2 fully saturated rings. The van der Waals surface area contributed by atoms with Crippen molar-refractivity contribution in [1.29, 1.82) is 0 Å². The fourth-order valence-electron chi connectivity index (χ4n) is 2.31. The molecule has 0 aromatic carbocycles. The number of rotatable bonds is 2. The molecule has 0 aromatic rings. The lowest BCUT2D eigenvalue weighted by Gasteiger charge is -2.30. The Morgan fingerprint density at radius 3 is 2.87 bits per heavy atom. The Balaban J connectivity index is 1.98. The average Bonchev–Trinajstić information content (AvgIpc) is 2.71. The number of hydrogen-bond acceptors (Lipinski definition) is 3. The second-order valence-electron chi connectivity index (χ2n) is 4.58. The molecule has 2 heterocycles. The van der Waals surface area contributed by atoms with Crippen LogP contribution in [0.5, 0.6) is 0 Å². The van der Waals surface area contributed by atoms with Crippen molar-refractivity contribution in [3.05, 3.63) is 0 Å². The zero-order chi connectivity index (χ0) is 10.8. The Kier molecular flexibility index (Phi) is 3.05. The molecule has 0 aromatic heterocycles. The van der Waals surface area contributed by atoms with E-state index in [0.29, 0.717) is 25.4 Å². The number of likely N-dealkylation sites (tertiary alicyclic amines) is 1. The molecule has 2 saturated heterocycles. The minimum absolute atomic E-state index is 0.00630. The summed E-state index contributed by atoms with van der Waals surface area (Å²) < 4.78 is 0. The van der Waals surface area contributed by atoms with E-state index in [2.05, 4.69) is 5.32 Å². The van der Waals surface area contributed by atoms with E-state index in [1.807, 2.05) is 6.92 Å². The highest BCUT2D eigenvalue weighted by atomic mass is 16.2. The van der Waals surface area contributed by atoms with Crippen LogP contribution in [0.25, 0.3) is 0 Å². The molecule has 2 rings (SSSR count). The fraction of sp³-hybridized carbons (Fsp3) is 0.818. The number of piperidine rings is 1. The maximum Gasteiger partial charge on any atom is 0.232 e. The Bertz CT molecular complexity index is 272. The quantitative estimate of drug-likeness (QED) is 0.676. The number of carbonyl (C=O) groups excluding carboxylic acids is 2. The van der Waals surface area contributed by atoms with Gasteiger partial charge in [-0.25, -0.2) is 0 Å². The molecule has 2 amide bonds. The van der Waals surface area contributed by atoms with Gasteiger partial charge in [0.25, 0.3) is 0 Å². The molecule has 2 unspecified atom stereocenters. The van der Waals surface area contributed by atoms with Crippen LogP contribution in [-0.4, -0.2) is 35.8 Å². The molecule has 0 aliphatic carbocycles. The third kappa shape index (κ3) is 2.20. The molecule has 2 atom stereocenters. The molecule has 2 aliphatic rings. The van der Waals surface area contributed by atoms with Crippen molar-refractivity contribution >= 4 is 11.8 Å². The van der Waals surface area contributed by atoms with E-state index < -0.39 is 0 Å². The van der Waals surface area contributed by atoms with E-state index in [4.69, 9.17) is 0 Å². The first-order valence-electron chi connectivity index (χ1n) is 5.76. The van der Waals surface area contributed by atoms with Crippen molar-refractivity contribution in [3.8, 4) is 0 Å². The first kappa shape index (κ1) is 10.6. The molecule has 4 nitrogen and oxygen atoms in total. The monoisotopic (exact) mass is 210 g/mol. The van der Waals surface area contributed by atoms with Gasteiger partial charge < -0.3 is 5.32 Å². The number of imide groups is 1. The smallest absolute Gasteiger partial charge is 0.232 e. The van der Waals surface area contributed by atoms with Crippen LogP contribution in [0.1, 0.15) is 32.6 Å². The van der Waals surface area contributed by atoms with Gasteiger partial charge in [-0.1, -0.05) is 6.92 Å². The standard InChI is InChI=1S/C11H18N2O2/c1-8-4-5-10(14)13(11(8)15)7-9-3-2-6-12-9/h8-9,12H,2-7H2,1H3. The average molecular weight is 210 g/mol. The Hall–Kier alpha value is -0.900. The van der Waals surface area contributed by atoms with Gasteiger partial charge in [-0.2, -0.15) is 0 Å². The van der Waals surface area contributed by atoms with Crippen molar-refractivity contribution in [2.45, 2.75) is 38.6 Å². The van der Waals surface area contributed by atoms with Crippen molar-refractivity contribution in [2.75, 3.05) is 13.1 Å². The van der Waals surface area contributed by atoms with Crippen LogP contribution in [0.4, 0.5) is 0 Å². The summed E-state index contributed by atoms with van der Waals surface area (Å²) in [5, 5.41) is 3.31. The van der Waals surface area contributed by atoms with Gasteiger partial charge in [0.2, 0.25) is 11.8 Å². The zero-order valence-corrected chi connectivity index (χ0v) is 9.16. The van der Waals surface area contributed by atoms with Crippen LogP contribution in [0.15, 0.2) is 0 Å². The summed E-state index contributed by atoms with van der Waals surface area (Å²) in [4.78, 5) is 24.9. The second-order valence-corrected chi connectivity index (χ2v) is 4.58. The lowest BCUT2D eigenvalue weighted by molar-refractivity contribution is -0.151. The third-order valence-electron chi connectivity index (χ3n) is 3.35. The Morgan fingerprint density at radius 2 is 2.20 bits per heavy atom. The Morgan fingerprint density at radius 1 is 1.40 bits per heavy atom. The molecule has 1 N–H and O–H groups in total. The molecular formula is C11H18N2O2. The third-order valence-corrected chi connectivity index (χ3v) is 3.35. The van der Waals surface area contributed by atoms with Crippen molar-refractivity contribution in [2.24, 2.45) is 5.92 Å². The lowest BCUT2D eigenvalue weighted by Crippen LogP contribution is -2.49. The van der Waals surface area contributed by atoms with Crippen molar-refractivity contribution < 1.29 is 9.59 Å². The molecule has 0 bridgehead atoms. The van der Waals surface area contributed by atoms with Crippen LogP contribution < -0.4 is 5.32 Å². The van der Waals surface area contributed by atoms with Crippen molar-refractivity contribution in [3.63, 3.8) is 0 Å². The van der Waals surface area contributed by atoms with Gasteiger partial charge >= 0.3 is 0 Å². The molecular weight excluding hydrogens is 192 g/mol. The molecule has 2 aliphatic heterocycles. The van der Waals surface area contributed by atoms with Gasteiger partial charge in [-0.05, 0) is 25.8 Å². The van der Waals surface area contributed by atoms with Gasteiger partial charge in [0, 0.05) is 24.9 Å². The van der Waals surface area contributed by atoms with Crippen LogP contribution in [0.2, 0.25) is 0 Å². The number of amides is 2. The second kappa shape index (κ2) is 4.31. The molecule has 15 heavy (non-hydrogen) atoms. The maximum absolute atomic E-state index is 11.8. The van der Waals surface area contributed by atoms with Gasteiger partial charge in [0.15, 0.2) is 0 Å². The van der Waals surface area contributed by atoms with Crippen LogP contribution in [0.3, 0.4) is 0 Å². The SMILES string of the molecule is CC1CCC(=O)N(CC2CCCN2)C1=O. The van der Waals surface area contributed by atoms with Gasteiger partial charge in [-0.15, -0.1) is 0 Å². The molecule has 4 heteroatoms. The van der Waals surface area contributed by atoms with E-state index in [1.165, 1.54) is 4.90 Å². The normalized spacial score (nSPS) is 32.5. The molecule has 84 valence electrons. The fourth-order valence-corrected chi connectivity index (χ4v) is 2.31. The predicted octanol–water partition coefficient (Wildman–Crippen LogP) is 0.523. The minimum atomic E-state index is 0.00630. The molecule has 0 spiro atoms. The topological polar surface area (TPSA) is 49.4 Å². The number of carbonyl (C=O) groups is 2. The number of hydrogen-bond donors (Lipinski definition) is 1. The summed E-state index contributed by atoms with van der Waals surface area (Å²) in [6.45, 7) is 3.49. The van der Waals surface area contributed by atoms with Crippen molar-refractivity contribution in [1.82, 2.24) is 10.2 Å². The Labute approximate surface area is 90.0 Å². The predicted molar refractivity (Wildman–Crippen MR) is 56.1 cm³/mol. The van der Waals surface area contributed by atoms with E-state index >= 15 is 0 Å². The van der Waals surface area contributed by atoms with Gasteiger partial charge in [-0.3, -0.25) is 14.5 Å². The number of nitrogens with one attached hydrogen (secondary N) is 1. The van der Waals surface area contributed by atoms with E-state index in [9.17, 15) is 9.59 Å². The van der Waals surface area contributed by atoms with Crippen LogP contribution in [0, 0.1) is 5.92 Å². The highest BCUT2D eigenvalue weighted by Gasteiger charge is 2.33. The number of nitrogens with zero attached hydrogens (tertiary/aromatic N) is 1. The summed E-state index contributed by atoms with van der Waals surface area (Å²) in [7, 11) is 0.